The lowest BCUT2D eigenvalue weighted by atomic mass is 10.2. The van der Waals surface area contributed by atoms with Crippen molar-refractivity contribution < 1.29 is 16.8 Å². The van der Waals surface area contributed by atoms with E-state index in [1.54, 1.807) is 17.6 Å². The van der Waals surface area contributed by atoms with Crippen molar-refractivity contribution in [3.05, 3.63) is 58.3 Å². The van der Waals surface area contributed by atoms with Crippen LogP contribution >= 0.6 is 11.3 Å². The summed E-state index contributed by atoms with van der Waals surface area (Å²) in [4.78, 5) is 8.14. The first kappa shape index (κ1) is 18.7. The molecule has 0 amide bonds. The van der Waals surface area contributed by atoms with Crippen molar-refractivity contribution in [1.29, 1.82) is 0 Å². The molecule has 26 heavy (non-hydrogen) atoms. The van der Waals surface area contributed by atoms with E-state index in [-0.39, 0.29) is 16.7 Å². The predicted molar refractivity (Wildman–Crippen MR) is 99.9 cm³/mol. The van der Waals surface area contributed by atoms with E-state index < -0.39 is 19.7 Å². The van der Waals surface area contributed by atoms with Crippen molar-refractivity contribution in [2.24, 2.45) is 0 Å². The minimum absolute atomic E-state index is 0.0687. The summed E-state index contributed by atoms with van der Waals surface area (Å²) in [5.41, 5.74) is 2.02. The Bertz CT molecular complexity index is 1140. The molecule has 0 saturated carbocycles. The normalized spacial score (nSPS) is 12.4. The second kappa shape index (κ2) is 6.93. The molecule has 0 bridgehead atoms. The molecule has 7 nitrogen and oxygen atoms in total. The lowest BCUT2D eigenvalue weighted by molar-refractivity contribution is 0.583. The number of aromatic nitrogens is 3. The maximum atomic E-state index is 12.8. The van der Waals surface area contributed by atoms with Crippen molar-refractivity contribution in [3.63, 3.8) is 0 Å². The SMILES string of the molecule is Cc1cccc(-n2ccnc2S(=O)(=O)Cc2csc(CS(C)(=O)=O)n2)c1. The molecule has 3 rings (SSSR count). The number of imidazole rings is 1. The van der Waals surface area contributed by atoms with Crippen LogP contribution in [0.4, 0.5) is 0 Å². The highest BCUT2D eigenvalue weighted by Crippen LogP contribution is 2.21. The molecular weight excluding hydrogens is 394 g/mol. The maximum Gasteiger partial charge on any atom is 0.232 e. The van der Waals surface area contributed by atoms with Crippen molar-refractivity contribution in [2.45, 2.75) is 23.6 Å². The minimum Gasteiger partial charge on any atom is -0.291 e. The number of thiazole rings is 1. The summed E-state index contributed by atoms with van der Waals surface area (Å²) in [7, 11) is -6.96. The standard InChI is InChI=1S/C16H17N3O4S3/c1-12-4-3-5-14(8-12)19-7-6-17-16(19)26(22,23)10-13-9-24-15(18-13)11-25(2,20)21/h3-9H,10-11H2,1-2H3. The number of hydrogen-bond donors (Lipinski definition) is 0. The first-order valence-electron chi connectivity index (χ1n) is 7.58. The van der Waals surface area contributed by atoms with Crippen LogP contribution in [-0.4, -0.2) is 37.6 Å². The van der Waals surface area contributed by atoms with E-state index in [9.17, 15) is 16.8 Å². The first-order chi connectivity index (χ1) is 12.1. The van der Waals surface area contributed by atoms with Gasteiger partial charge in [0, 0.05) is 29.7 Å². The molecule has 0 N–H and O–H groups in total. The highest BCUT2D eigenvalue weighted by atomic mass is 32.2. The Morgan fingerprint density at radius 2 is 1.92 bits per heavy atom. The zero-order chi connectivity index (χ0) is 18.9. The average molecular weight is 412 g/mol. The summed E-state index contributed by atoms with van der Waals surface area (Å²) in [5.74, 6) is -0.536. The molecule has 0 aliphatic heterocycles. The smallest absolute Gasteiger partial charge is 0.232 e. The third-order valence-electron chi connectivity index (χ3n) is 3.49. The molecule has 0 spiro atoms. The zero-order valence-corrected chi connectivity index (χ0v) is 16.6. The summed E-state index contributed by atoms with van der Waals surface area (Å²) < 4.78 is 49.8. The molecule has 0 aliphatic rings. The van der Waals surface area contributed by atoms with Gasteiger partial charge in [-0.25, -0.2) is 26.8 Å². The summed E-state index contributed by atoms with van der Waals surface area (Å²) in [6.07, 6.45) is 4.15. The largest absolute Gasteiger partial charge is 0.291 e. The molecule has 1 aromatic carbocycles. The fraction of sp³-hybridized carbons (Fsp3) is 0.250. The Morgan fingerprint density at radius 3 is 2.62 bits per heavy atom. The van der Waals surface area contributed by atoms with Gasteiger partial charge < -0.3 is 0 Å². The van der Waals surface area contributed by atoms with Crippen molar-refractivity contribution >= 4 is 31.0 Å². The molecule has 138 valence electrons. The average Bonchev–Trinajstić information content (AvgIpc) is 3.15. The summed E-state index contributed by atoms with van der Waals surface area (Å²) >= 11 is 1.13. The number of benzene rings is 1. The third-order valence-corrected chi connectivity index (χ3v) is 6.90. The number of rotatable bonds is 6. The van der Waals surface area contributed by atoms with E-state index in [1.807, 2.05) is 25.1 Å². The first-order valence-corrected chi connectivity index (χ1v) is 12.2. The molecule has 2 heterocycles. The molecule has 0 radical (unpaired) electrons. The van der Waals surface area contributed by atoms with Crippen LogP contribution in [0.3, 0.4) is 0 Å². The van der Waals surface area contributed by atoms with Gasteiger partial charge in [0.05, 0.1) is 5.69 Å². The molecule has 2 aromatic heterocycles. The Kier molecular flexibility index (Phi) is 5.00. The molecule has 0 fully saturated rings. The van der Waals surface area contributed by atoms with Gasteiger partial charge >= 0.3 is 0 Å². The molecule has 10 heteroatoms. The van der Waals surface area contributed by atoms with Gasteiger partial charge in [-0.05, 0) is 24.6 Å². The Morgan fingerprint density at radius 1 is 1.15 bits per heavy atom. The highest BCUT2D eigenvalue weighted by molar-refractivity contribution is 7.90. The summed E-state index contributed by atoms with van der Waals surface area (Å²) in [6, 6.07) is 7.45. The summed E-state index contributed by atoms with van der Waals surface area (Å²) in [5, 5.41) is 1.87. The van der Waals surface area contributed by atoms with Crippen LogP contribution in [0.25, 0.3) is 5.69 Å². The van der Waals surface area contributed by atoms with Crippen LogP contribution < -0.4 is 0 Å². The van der Waals surface area contributed by atoms with Crippen LogP contribution in [0.2, 0.25) is 0 Å². The lowest BCUT2D eigenvalue weighted by Gasteiger charge is -2.08. The van der Waals surface area contributed by atoms with Gasteiger partial charge in [-0.2, -0.15) is 0 Å². The van der Waals surface area contributed by atoms with Gasteiger partial charge in [0.1, 0.15) is 16.5 Å². The number of sulfone groups is 2. The predicted octanol–water partition coefficient (Wildman–Crippen LogP) is 2.16. The van der Waals surface area contributed by atoms with Crippen molar-refractivity contribution in [2.75, 3.05) is 6.26 Å². The van der Waals surface area contributed by atoms with E-state index in [0.717, 1.165) is 23.2 Å². The quantitative estimate of drug-likeness (QED) is 0.616. The number of hydrogen-bond acceptors (Lipinski definition) is 7. The molecule has 0 unspecified atom stereocenters. The molecule has 0 atom stereocenters. The van der Waals surface area contributed by atoms with Crippen LogP contribution in [0.15, 0.2) is 47.2 Å². The van der Waals surface area contributed by atoms with Gasteiger partial charge in [0.15, 0.2) is 9.84 Å². The van der Waals surface area contributed by atoms with E-state index in [1.165, 1.54) is 10.8 Å². The van der Waals surface area contributed by atoms with Gasteiger partial charge in [-0.15, -0.1) is 11.3 Å². The van der Waals surface area contributed by atoms with Crippen LogP contribution in [0, 0.1) is 6.92 Å². The van der Waals surface area contributed by atoms with E-state index in [2.05, 4.69) is 9.97 Å². The Hall–Kier alpha value is -2.04. The van der Waals surface area contributed by atoms with E-state index in [0.29, 0.717) is 16.4 Å². The number of nitrogens with zero attached hydrogens (tertiary/aromatic N) is 3. The second-order valence-corrected chi connectivity index (χ2v) is 10.9. The number of aryl methyl sites for hydroxylation is 1. The lowest BCUT2D eigenvalue weighted by Crippen LogP contribution is -2.12. The monoisotopic (exact) mass is 411 g/mol. The van der Waals surface area contributed by atoms with E-state index in [4.69, 9.17) is 0 Å². The topological polar surface area (TPSA) is 99.0 Å². The van der Waals surface area contributed by atoms with Crippen LogP contribution in [-0.2, 0) is 31.2 Å². The molecular formula is C16H17N3O4S3. The van der Waals surface area contributed by atoms with Crippen LogP contribution in [0.5, 0.6) is 0 Å². The van der Waals surface area contributed by atoms with Crippen molar-refractivity contribution in [3.8, 4) is 5.69 Å². The Balaban J connectivity index is 1.90. The molecule has 3 aromatic rings. The van der Waals surface area contributed by atoms with Crippen LogP contribution in [0.1, 0.15) is 16.3 Å². The second-order valence-electron chi connectivity index (χ2n) is 5.98. The molecule has 0 saturated heterocycles. The molecule has 0 aliphatic carbocycles. The van der Waals surface area contributed by atoms with E-state index >= 15 is 0 Å². The highest BCUT2D eigenvalue weighted by Gasteiger charge is 2.24. The van der Waals surface area contributed by atoms with Gasteiger partial charge in [0.2, 0.25) is 15.0 Å². The van der Waals surface area contributed by atoms with Gasteiger partial charge in [-0.3, -0.25) is 4.57 Å². The third kappa shape index (κ3) is 4.37. The fourth-order valence-corrected chi connectivity index (χ4v) is 5.92. The van der Waals surface area contributed by atoms with Gasteiger partial charge in [-0.1, -0.05) is 12.1 Å². The zero-order valence-electron chi connectivity index (χ0n) is 14.2. The van der Waals surface area contributed by atoms with Gasteiger partial charge in [0.25, 0.3) is 0 Å². The summed E-state index contributed by atoms with van der Waals surface area (Å²) in [6.45, 7) is 1.92. The maximum absolute atomic E-state index is 12.8. The Labute approximate surface area is 156 Å². The van der Waals surface area contributed by atoms with Crippen molar-refractivity contribution in [1.82, 2.24) is 14.5 Å². The fourth-order valence-electron chi connectivity index (χ4n) is 2.46. The minimum atomic E-state index is -3.75.